The Kier molecular flexibility index (Phi) is 2.70. The SMILES string of the molecule is [2H]C([2H])([2H])c1cnc(-c2cccc3c2oc2c(C#N)c(-c4ccccc4)ccc23)cc1C([2H])([2H])[2H]. The standard InChI is InChI=1S/C26H18N2O/c1-16-13-24(28-15-17(16)2)22-10-6-9-20-21-12-11-19(18-7-4-3-5-8-18)23(14-27)26(21)29-25(20)22/h3-13,15H,1-2H3/i1D3,2D3. The molecule has 138 valence electrons. The van der Waals surface area contributed by atoms with Gasteiger partial charge in [0, 0.05) is 36.3 Å². The van der Waals surface area contributed by atoms with E-state index in [1.165, 1.54) is 6.07 Å². The monoisotopic (exact) mass is 380 g/mol. The smallest absolute Gasteiger partial charge is 0.153 e. The van der Waals surface area contributed by atoms with Crippen molar-refractivity contribution in [2.75, 3.05) is 0 Å². The summed E-state index contributed by atoms with van der Waals surface area (Å²) in [5, 5.41) is 11.5. The molecule has 0 radical (unpaired) electrons. The maximum absolute atomic E-state index is 9.98. The molecule has 5 aromatic rings. The molecule has 29 heavy (non-hydrogen) atoms. The molecule has 0 aliphatic carbocycles. The van der Waals surface area contributed by atoms with E-state index in [1.54, 1.807) is 12.1 Å². The Labute approximate surface area is 177 Å². The lowest BCUT2D eigenvalue weighted by Crippen LogP contribution is -1.88. The number of aromatic nitrogens is 1. The lowest BCUT2D eigenvalue weighted by Gasteiger charge is -2.05. The number of furan rings is 1. The number of nitriles is 1. The first-order chi connectivity index (χ1) is 16.6. The second-order valence-corrected chi connectivity index (χ2v) is 6.74. The van der Waals surface area contributed by atoms with Crippen LogP contribution in [0.1, 0.15) is 24.9 Å². The number of pyridine rings is 1. The summed E-state index contributed by atoms with van der Waals surface area (Å²) in [6.45, 7) is -5.25. The van der Waals surface area contributed by atoms with Crippen LogP contribution >= 0.6 is 0 Å². The zero-order chi connectivity index (χ0) is 25.0. The zero-order valence-electron chi connectivity index (χ0n) is 21.2. The average Bonchev–Trinajstić information content (AvgIpc) is 3.21. The summed E-state index contributed by atoms with van der Waals surface area (Å²) >= 11 is 0. The minimum absolute atomic E-state index is 0.274. The van der Waals surface area contributed by atoms with Crippen LogP contribution in [0, 0.1) is 25.0 Å². The van der Waals surface area contributed by atoms with Crippen LogP contribution < -0.4 is 0 Å². The largest absolute Gasteiger partial charge is 0.454 e. The van der Waals surface area contributed by atoms with Gasteiger partial charge in [0.05, 0.1) is 5.69 Å². The molecule has 2 aromatic heterocycles. The van der Waals surface area contributed by atoms with Gasteiger partial charge in [-0.15, -0.1) is 0 Å². The lowest BCUT2D eigenvalue weighted by atomic mass is 9.97. The van der Waals surface area contributed by atoms with Crippen molar-refractivity contribution < 1.29 is 12.6 Å². The van der Waals surface area contributed by atoms with E-state index in [2.05, 4.69) is 11.1 Å². The van der Waals surface area contributed by atoms with Crippen LogP contribution in [0.4, 0.5) is 0 Å². The first-order valence-electron chi connectivity index (χ1n) is 12.0. The van der Waals surface area contributed by atoms with Gasteiger partial charge in [-0.3, -0.25) is 4.98 Å². The minimum Gasteiger partial charge on any atom is -0.454 e. The van der Waals surface area contributed by atoms with E-state index in [-0.39, 0.29) is 16.8 Å². The molecule has 0 aliphatic heterocycles. The Morgan fingerprint density at radius 2 is 1.69 bits per heavy atom. The van der Waals surface area contributed by atoms with Gasteiger partial charge in [-0.25, -0.2) is 0 Å². The van der Waals surface area contributed by atoms with Gasteiger partial charge in [0.1, 0.15) is 17.2 Å². The van der Waals surface area contributed by atoms with Crippen LogP contribution in [0.25, 0.3) is 44.3 Å². The van der Waals surface area contributed by atoms with Gasteiger partial charge in [0.25, 0.3) is 0 Å². The molecule has 0 fully saturated rings. The molecular weight excluding hydrogens is 356 g/mol. The third kappa shape index (κ3) is 2.69. The van der Waals surface area contributed by atoms with Gasteiger partial charge in [-0.1, -0.05) is 48.5 Å². The minimum atomic E-state index is -2.64. The number of hydrogen-bond donors (Lipinski definition) is 0. The second kappa shape index (κ2) is 6.61. The highest BCUT2D eigenvalue weighted by Gasteiger charge is 2.18. The highest BCUT2D eigenvalue weighted by Crippen LogP contribution is 2.39. The average molecular weight is 380 g/mol. The van der Waals surface area contributed by atoms with Gasteiger partial charge in [0.2, 0.25) is 0 Å². The van der Waals surface area contributed by atoms with Gasteiger partial charge in [-0.05, 0) is 48.6 Å². The van der Waals surface area contributed by atoms with Crippen molar-refractivity contribution in [2.45, 2.75) is 13.7 Å². The number of rotatable bonds is 2. The fourth-order valence-corrected chi connectivity index (χ4v) is 3.64. The van der Waals surface area contributed by atoms with Crippen LogP contribution in [0.3, 0.4) is 0 Å². The lowest BCUT2D eigenvalue weighted by molar-refractivity contribution is 0.668. The number of fused-ring (bicyclic) bond motifs is 3. The summed E-state index contributed by atoms with van der Waals surface area (Å²) in [5.41, 5.74) is 3.08. The molecule has 0 atom stereocenters. The number of benzene rings is 3. The van der Waals surface area contributed by atoms with E-state index < -0.39 is 13.7 Å². The van der Waals surface area contributed by atoms with Crippen LogP contribution in [0.2, 0.25) is 0 Å². The van der Waals surface area contributed by atoms with E-state index in [9.17, 15) is 5.26 Å². The molecule has 0 bridgehead atoms. The van der Waals surface area contributed by atoms with Gasteiger partial charge < -0.3 is 4.42 Å². The summed E-state index contributed by atoms with van der Waals surface area (Å²) in [4.78, 5) is 4.28. The normalized spacial score (nSPS) is 15.0. The highest BCUT2D eigenvalue weighted by atomic mass is 16.3. The molecule has 0 saturated heterocycles. The molecule has 3 nitrogen and oxygen atoms in total. The van der Waals surface area contributed by atoms with E-state index in [0.717, 1.165) is 28.1 Å². The van der Waals surface area contributed by atoms with Crippen molar-refractivity contribution in [1.29, 1.82) is 5.26 Å². The Balaban J connectivity index is 1.77. The van der Waals surface area contributed by atoms with Crippen LogP contribution in [0.15, 0.2) is 77.3 Å². The molecule has 5 rings (SSSR count). The fraction of sp³-hybridized carbons (Fsp3) is 0.0769. The first kappa shape index (κ1) is 11.8. The van der Waals surface area contributed by atoms with Crippen molar-refractivity contribution in [3.8, 4) is 28.5 Å². The van der Waals surface area contributed by atoms with E-state index in [1.807, 2.05) is 48.5 Å². The Morgan fingerprint density at radius 1 is 0.862 bits per heavy atom. The molecule has 2 heterocycles. The molecule has 0 aliphatic rings. The summed E-state index contributed by atoms with van der Waals surface area (Å²) in [6.07, 6.45) is 1.10. The molecule has 0 amide bonds. The van der Waals surface area contributed by atoms with Gasteiger partial charge in [-0.2, -0.15) is 5.26 Å². The topological polar surface area (TPSA) is 49.8 Å². The molecule has 3 aromatic carbocycles. The molecule has 0 saturated carbocycles. The van der Waals surface area contributed by atoms with E-state index in [4.69, 9.17) is 12.6 Å². The Morgan fingerprint density at radius 3 is 2.48 bits per heavy atom. The van der Waals surface area contributed by atoms with Crippen molar-refractivity contribution in [2.24, 2.45) is 0 Å². The van der Waals surface area contributed by atoms with Gasteiger partial charge in [0.15, 0.2) is 5.58 Å². The number of aryl methyl sites for hydroxylation is 2. The summed E-state index contributed by atoms with van der Waals surface area (Å²) < 4.78 is 52.9. The predicted octanol–water partition coefficient (Wildman–Crippen LogP) is 6.80. The second-order valence-electron chi connectivity index (χ2n) is 6.74. The van der Waals surface area contributed by atoms with E-state index >= 15 is 0 Å². The quantitative estimate of drug-likeness (QED) is 0.338. The van der Waals surface area contributed by atoms with Crippen molar-refractivity contribution in [3.63, 3.8) is 0 Å². The van der Waals surface area contributed by atoms with Crippen molar-refractivity contribution in [1.82, 2.24) is 4.98 Å². The van der Waals surface area contributed by atoms with Crippen LogP contribution in [-0.2, 0) is 0 Å². The third-order valence-electron chi connectivity index (χ3n) is 5.04. The zero-order valence-corrected chi connectivity index (χ0v) is 15.2. The molecular formula is C26H18N2O. The maximum atomic E-state index is 9.98. The third-order valence-corrected chi connectivity index (χ3v) is 5.04. The Bertz CT molecular complexity index is 1630. The molecule has 0 unspecified atom stereocenters. The summed E-state index contributed by atoms with van der Waals surface area (Å²) in [7, 11) is 0. The fourth-order valence-electron chi connectivity index (χ4n) is 3.64. The number of para-hydroxylation sites is 1. The molecule has 0 spiro atoms. The number of nitrogens with zero attached hydrogens (tertiary/aromatic N) is 2. The van der Waals surface area contributed by atoms with E-state index in [0.29, 0.717) is 22.3 Å². The van der Waals surface area contributed by atoms with Crippen molar-refractivity contribution in [3.05, 3.63) is 89.6 Å². The van der Waals surface area contributed by atoms with Crippen LogP contribution in [-0.4, -0.2) is 4.98 Å². The summed E-state index contributed by atoms with van der Waals surface area (Å²) in [5.74, 6) is 0. The number of hydrogen-bond acceptors (Lipinski definition) is 3. The molecule has 0 N–H and O–H groups in total. The first-order valence-corrected chi connectivity index (χ1v) is 9.05. The van der Waals surface area contributed by atoms with Crippen molar-refractivity contribution >= 4 is 21.9 Å². The highest BCUT2D eigenvalue weighted by molar-refractivity contribution is 6.11. The Hall–Kier alpha value is -3.90. The van der Waals surface area contributed by atoms with Gasteiger partial charge >= 0.3 is 0 Å². The summed E-state index contributed by atoms with van der Waals surface area (Å²) in [6, 6.07) is 22.2. The maximum Gasteiger partial charge on any atom is 0.153 e. The predicted molar refractivity (Wildman–Crippen MR) is 117 cm³/mol. The van der Waals surface area contributed by atoms with Crippen LogP contribution in [0.5, 0.6) is 0 Å². The molecule has 3 heteroatoms.